The molecule has 0 fully saturated rings. The molecule has 2 aliphatic carbocycles. The molecule has 3 N–H and O–H groups in total. The minimum absolute atomic E-state index is 0.0301. The average molecular weight is 446 g/mol. The molecule has 0 radical (unpaired) electrons. The Kier molecular flexibility index (Phi) is 4.65. The van der Waals surface area contributed by atoms with Crippen molar-refractivity contribution in [2.75, 3.05) is 18.5 Å². The summed E-state index contributed by atoms with van der Waals surface area (Å²) in [5.74, 6) is -0.0854. The van der Waals surface area contributed by atoms with E-state index in [9.17, 15) is 18.0 Å². The minimum atomic E-state index is -4.17. The topological polar surface area (TPSA) is 131 Å². The van der Waals surface area contributed by atoms with Gasteiger partial charge in [0.05, 0.1) is 19.3 Å². The fraction of sp³-hybridized carbons (Fsp3) is 0.450. The van der Waals surface area contributed by atoms with Crippen LogP contribution in [0, 0.1) is 5.92 Å². The largest absolute Gasteiger partial charge is 0.476 e. The van der Waals surface area contributed by atoms with E-state index in [0.717, 1.165) is 42.5 Å². The highest BCUT2D eigenvalue weighted by molar-refractivity contribution is 7.90. The zero-order valence-electron chi connectivity index (χ0n) is 17.0. The number of nitrogens with one attached hydrogen (secondary N) is 3. The number of sulfonamides is 1. The second-order valence-corrected chi connectivity index (χ2v) is 9.85. The number of hydrogen-bond donors (Lipinski definition) is 3. The quantitative estimate of drug-likeness (QED) is 0.622. The van der Waals surface area contributed by atoms with Gasteiger partial charge in [-0.2, -0.15) is 5.10 Å². The number of ether oxygens (including phenoxy) is 1. The normalized spacial score (nSPS) is 18.3. The summed E-state index contributed by atoms with van der Waals surface area (Å²) in [7, 11) is -4.17. The van der Waals surface area contributed by atoms with Crippen LogP contribution >= 0.6 is 0 Å². The van der Waals surface area contributed by atoms with Crippen molar-refractivity contribution in [3.05, 3.63) is 34.5 Å². The highest BCUT2D eigenvalue weighted by Gasteiger charge is 2.32. The fourth-order valence-electron chi connectivity index (χ4n) is 4.26. The molecule has 2 aromatic rings. The molecular weight excluding hydrogens is 422 g/mol. The first kappa shape index (κ1) is 19.9. The van der Waals surface area contributed by atoms with Crippen LogP contribution in [0.1, 0.15) is 29.2 Å². The first-order chi connectivity index (χ1) is 14.8. The zero-order valence-corrected chi connectivity index (χ0v) is 17.8. The summed E-state index contributed by atoms with van der Waals surface area (Å²) in [6.45, 7) is 2.48. The standard InChI is InChI=1S/C20H23N5O5S/c1-11(26)21-7-12-9-25-19(30-10-12)17(8-22-25)31(28,29)24-20(27)23-18-15-4-2-13(15)6-14-3-5-16(14)18/h6,8,12H,2-5,7,9-10H2,1H3,(H,21,26)(H2,23,24,27). The number of anilines is 1. The van der Waals surface area contributed by atoms with Gasteiger partial charge in [0.25, 0.3) is 10.0 Å². The van der Waals surface area contributed by atoms with Gasteiger partial charge in [0.1, 0.15) is 0 Å². The van der Waals surface area contributed by atoms with Crippen LogP contribution in [0.25, 0.3) is 0 Å². The Hall–Kier alpha value is -3.08. The van der Waals surface area contributed by atoms with Crippen LogP contribution in [0.4, 0.5) is 10.5 Å². The van der Waals surface area contributed by atoms with Gasteiger partial charge in [0.15, 0.2) is 4.90 Å². The van der Waals surface area contributed by atoms with Crippen LogP contribution in [0.3, 0.4) is 0 Å². The number of hydrogen-bond acceptors (Lipinski definition) is 6. The first-order valence-corrected chi connectivity index (χ1v) is 11.7. The third-order valence-corrected chi connectivity index (χ3v) is 7.37. The van der Waals surface area contributed by atoms with Crippen LogP contribution in [-0.4, -0.2) is 43.3 Å². The number of rotatable bonds is 5. The van der Waals surface area contributed by atoms with Crippen LogP contribution in [0.15, 0.2) is 17.2 Å². The molecule has 164 valence electrons. The zero-order chi connectivity index (χ0) is 21.8. The van der Waals surface area contributed by atoms with Crippen molar-refractivity contribution >= 4 is 27.6 Å². The van der Waals surface area contributed by atoms with Gasteiger partial charge in [-0.15, -0.1) is 0 Å². The lowest BCUT2D eigenvalue weighted by Gasteiger charge is -2.32. The number of carbonyl (C=O) groups is 2. The Balaban J connectivity index is 1.29. The summed E-state index contributed by atoms with van der Waals surface area (Å²) >= 11 is 0. The maximum absolute atomic E-state index is 12.8. The van der Waals surface area contributed by atoms with E-state index in [-0.39, 0.29) is 29.2 Å². The van der Waals surface area contributed by atoms with Crippen LogP contribution < -0.4 is 20.1 Å². The Morgan fingerprint density at radius 3 is 2.52 bits per heavy atom. The molecule has 1 unspecified atom stereocenters. The lowest BCUT2D eigenvalue weighted by molar-refractivity contribution is -0.119. The number of nitrogens with zero attached hydrogens (tertiary/aromatic N) is 2. The minimum Gasteiger partial charge on any atom is -0.476 e. The van der Waals surface area contributed by atoms with E-state index >= 15 is 0 Å². The van der Waals surface area contributed by atoms with E-state index in [0.29, 0.717) is 13.1 Å². The van der Waals surface area contributed by atoms with Gasteiger partial charge in [-0.25, -0.2) is 22.6 Å². The van der Waals surface area contributed by atoms with Crippen molar-refractivity contribution in [2.45, 2.75) is 44.0 Å². The molecule has 3 amide bonds. The van der Waals surface area contributed by atoms with Crippen molar-refractivity contribution in [3.8, 4) is 5.88 Å². The Morgan fingerprint density at radius 1 is 1.19 bits per heavy atom. The Bertz CT molecular complexity index is 1170. The maximum Gasteiger partial charge on any atom is 0.333 e. The molecule has 5 rings (SSSR count). The van der Waals surface area contributed by atoms with Crippen molar-refractivity contribution in [3.63, 3.8) is 0 Å². The molecule has 10 nitrogen and oxygen atoms in total. The predicted octanol–water partition coefficient (Wildman–Crippen LogP) is 0.735. The SMILES string of the molecule is CC(=O)NCC1COc2c(S(=O)(=O)NC(=O)Nc3c4c(cc5c3CC5)CC4)cnn2C1. The summed E-state index contributed by atoms with van der Waals surface area (Å²) in [6.07, 6.45) is 4.92. The smallest absolute Gasteiger partial charge is 0.333 e. The summed E-state index contributed by atoms with van der Waals surface area (Å²) in [6, 6.07) is 1.39. The number of carbonyl (C=O) groups excluding carboxylic acids is 2. The molecule has 0 spiro atoms. The predicted molar refractivity (Wildman–Crippen MR) is 110 cm³/mol. The molecule has 0 bridgehead atoms. The van der Waals surface area contributed by atoms with E-state index in [2.05, 4.69) is 26.5 Å². The van der Waals surface area contributed by atoms with Crippen molar-refractivity contribution in [1.29, 1.82) is 0 Å². The van der Waals surface area contributed by atoms with E-state index in [1.54, 1.807) is 0 Å². The van der Waals surface area contributed by atoms with Crippen LogP contribution in [-0.2, 0) is 47.0 Å². The lowest BCUT2D eigenvalue weighted by Crippen LogP contribution is -2.37. The molecule has 1 aromatic carbocycles. The molecule has 3 aliphatic rings. The Labute approximate surface area is 179 Å². The van der Waals surface area contributed by atoms with E-state index in [4.69, 9.17) is 4.74 Å². The third-order valence-electron chi connectivity index (χ3n) is 6.06. The van der Waals surface area contributed by atoms with Gasteiger partial charge < -0.3 is 15.4 Å². The molecule has 2 heterocycles. The molecule has 11 heteroatoms. The molecule has 0 saturated carbocycles. The van der Waals surface area contributed by atoms with Crippen molar-refractivity contribution < 1.29 is 22.7 Å². The number of urea groups is 1. The van der Waals surface area contributed by atoms with Gasteiger partial charge in [0.2, 0.25) is 11.8 Å². The van der Waals surface area contributed by atoms with Crippen molar-refractivity contribution in [2.24, 2.45) is 5.92 Å². The molecular formula is C20H23N5O5S. The van der Waals surface area contributed by atoms with Crippen LogP contribution in [0.5, 0.6) is 5.88 Å². The molecule has 1 atom stereocenters. The number of fused-ring (bicyclic) bond motifs is 3. The van der Waals surface area contributed by atoms with E-state index in [1.807, 2.05) is 0 Å². The van der Waals surface area contributed by atoms with E-state index in [1.165, 1.54) is 28.9 Å². The number of aryl methyl sites for hydroxylation is 2. The summed E-state index contributed by atoms with van der Waals surface area (Å²) in [5, 5.41) is 9.56. The maximum atomic E-state index is 12.8. The monoisotopic (exact) mass is 445 g/mol. The van der Waals surface area contributed by atoms with Crippen LogP contribution in [0.2, 0.25) is 0 Å². The van der Waals surface area contributed by atoms with Gasteiger partial charge >= 0.3 is 6.03 Å². The Morgan fingerprint density at radius 2 is 1.90 bits per heavy atom. The second-order valence-electron chi connectivity index (χ2n) is 8.20. The fourth-order valence-corrected chi connectivity index (χ4v) is 5.25. The molecule has 31 heavy (non-hydrogen) atoms. The second kappa shape index (κ2) is 7.26. The van der Waals surface area contributed by atoms with E-state index < -0.39 is 16.1 Å². The van der Waals surface area contributed by atoms with Gasteiger partial charge in [-0.05, 0) is 47.9 Å². The highest BCUT2D eigenvalue weighted by atomic mass is 32.2. The lowest BCUT2D eigenvalue weighted by atomic mass is 9.76. The highest BCUT2D eigenvalue weighted by Crippen LogP contribution is 2.40. The first-order valence-electron chi connectivity index (χ1n) is 10.2. The number of amides is 3. The van der Waals surface area contributed by atoms with Gasteiger partial charge in [0, 0.05) is 25.1 Å². The molecule has 0 saturated heterocycles. The number of benzene rings is 1. The average Bonchev–Trinajstić information content (AvgIpc) is 3.07. The molecule has 1 aromatic heterocycles. The van der Waals surface area contributed by atoms with Gasteiger partial charge in [-0.1, -0.05) is 6.07 Å². The van der Waals surface area contributed by atoms with Gasteiger partial charge in [-0.3, -0.25) is 4.79 Å². The third kappa shape index (κ3) is 3.52. The summed E-state index contributed by atoms with van der Waals surface area (Å²) in [4.78, 5) is 23.5. The summed E-state index contributed by atoms with van der Waals surface area (Å²) < 4.78 is 34.8. The number of aromatic nitrogens is 2. The summed E-state index contributed by atoms with van der Waals surface area (Å²) in [5.41, 5.74) is 5.41. The molecule has 1 aliphatic heterocycles. The van der Waals surface area contributed by atoms with Crippen molar-refractivity contribution in [1.82, 2.24) is 19.8 Å².